The zero-order valence-corrected chi connectivity index (χ0v) is 21.6. The molecule has 0 unspecified atom stereocenters. The molecule has 0 radical (unpaired) electrons. The van der Waals surface area contributed by atoms with Crippen molar-refractivity contribution in [3.63, 3.8) is 0 Å². The average molecular weight is 541 g/mol. The number of thiophene rings is 1. The van der Waals surface area contributed by atoms with Crippen molar-refractivity contribution in [3.8, 4) is 5.69 Å². The first-order valence-corrected chi connectivity index (χ1v) is 12.4. The number of aromatic nitrogens is 2. The van der Waals surface area contributed by atoms with Crippen molar-refractivity contribution in [1.82, 2.24) is 9.78 Å². The fourth-order valence-corrected chi connectivity index (χ4v) is 4.79. The topological polar surface area (TPSA) is 133 Å². The summed E-state index contributed by atoms with van der Waals surface area (Å²) in [6, 6.07) is 10.7. The third-order valence-electron chi connectivity index (χ3n) is 5.55. The molecule has 1 amide bonds. The Labute approximate surface area is 219 Å². The van der Waals surface area contributed by atoms with Crippen molar-refractivity contribution >= 4 is 56.3 Å². The van der Waals surface area contributed by atoms with Crippen LogP contribution in [0.5, 0.6) is 0 Å². The van der Waals surface area contributed by atoms with Crippen LogP contribution in [0.4, 0.5) is 10.7 Å². The molecular formula is C25H21ClN4O6S. The summed E-state index contributed by atoms with van der Waals surface area (Å²) in [5, 5.41) is 20.2. The van der Waals surface area contributed by atoms with E-state index in [-0.39, 0.29) is 44.6 Å². The number of ether oxygens (including phenoxy) is 1. The smallest absolute Gasteiger partial charge is 0.359 e. The SMILES string of the molecule is CCOC(=O)c1nn(-c2ccc(C(C)C)cc2)c(=O)c2c(NC(=O)c3cc(Cl)ccc3[N+](=O)[O-])scc12. The Hall–Kier alpha value is -4.09. The summed E-state index contributed by atoms with van der Waals surface area (Å²) < 4.78 is 6.22. The highest BCUT2D eigenvalue weighted by Crippen LogP contribution is 2.32. The normalized spacial score (nSPS) is 11.1. The van der Waals surface area contributed by atoms with Gasteiger partial charge in [-0.1, -0.05) is 37.6 Å². The van der Waals surface area contributed by atoms with Crippen LogP contribution in [0.2, 0.25) is 5.02 Å². The number of carbonyl (C=O) groups is 2. The highest BCUT2D eigenvalue weighted by molar-refractivity contribution is 7.16. The van der Waals surface area contributed by atoms with Gasteiger partial charge in [0.2, 0.25) is 0 Å². The van der Waals surface area contributed by atoms with E-state index in [4.69, 9.17) is 16.3 Å². The molecule has 12 heteroatoms. The summed E-state index contributed by atoms with van der Waals surface area (Å²) in [4.78, 5) is 50.1. The van der Waals surface area contributed by atoms with Crippen LogP contribution in [0.1, 0.15) is 53.1 Å². The first-order valence-electron chi connectivity index (χ1n) is 11.2. The molecule has 0 aliphatic carbocycles. The summed E-state index contributed by atoms with van der Waals surface area (Å²) in [5.41, 5.74) is 0.0564. The Morgan fingerprint density at radius 1 is 1.22 bits per heavy atom. The highest BCUT2D eigenvalue weighted by Gasteiger charge is 2.26. The van der Waals surface area contributed by atoms with E-state index in [9.17, 15) is 24.5 Å². The summed E-state index contributed by atoms with van der Waals surface area (Å²) >= 11 is 6.94. The second kappa shape index (κ2) is 10.5. The van der Waals surface area contributed by atoms with Gasteiger partial charge in [0.1, 0.15) is 10.6 Å². The van der Waals surface area contributed by atoms with Crippen LogP contribution in [-0.4, -0.2) is 33.2 Å². The van der Waals surface area contributed by atoms with Crippen LogP contribution in [0.15, 0.2) is 52.6 Å². The van der Waals surface area contributed by atoms with Crippen LogP contribution in [0.3, 0.4) is 0 Å². The molecule has 0 saturated heterocycles. The molecule has 4 rings (SSSR count). The molecule has 10 nitrogen and oxygen atoms in total. The lowest BCUT2D eigenvalue weighted by Gasteiger charge is -2.11. The molecule has 0 spiro atoms. The van der Waals surface area contributed by atoms with Gasteiger partial charge < -0.3 is 10.1 Å². The summed E-state index contributed by atoms with van der Waals surface area (Å²) in [6.45, 7) is 5.81. The van der Waals surface area contributed by atoms with Crippen LogP contribution in [0, 0.1) is 10.1 Å². The first-order chi connectivity index (χ1) is 17.6. The van der Waals surface area contributed by atoms with E-state index in [1.807, 2.05) is 26.0 Å². The second-order valence-electron chi connectivity index (χ2n) is 8.26. The summed E-state index contributed by atoms with van der Waals surface area (Å²) in [5.74, 6) is -1.30. The van der Waals surface area contributed by atoms with Gasteiger partial charge in [0.25, 0.3) is 17.2 Å². The minimum Gasteiger partial charge on any atom is -0.461 e. The Morgan fingerprint density at radius 3 is 2.54 bits per heavy atom. The lowest BCUT2D eigenvalue weighted by molar-refractivity contribution is -0.385. The molecule has 0 fully saturated rings. The highest BCUT2D eigenvalue weighted by atomic mass is 35.5. The monoisotopic (exact) mass is 540 g/mol. The number of hydrogen-bond acceptors (Lipinski definition) is 8. The Balaban J connectivity index is 1.88. The summed E-state index contributed by atoms with van der Waals surface area (Å²) in [6.07, 6.45) is 0. The molecule has 2 aromatic heterocycles. The standard InChI is InChI=1S/C25H21ClN4O6S/c1-4-36-25(33)21-18-12-37-23(27-22(31)17-11-15(26)7-10-19(17)30(34)35)20(18)24(32)29(28-21)16-8-5-14(6-9-16)13(2)3/h5-13H,4H2,1-3H3,(H,27,31). The quantitative estimate of drug-likeness (QED) is 0.184. The molecule has 2 heterocycles. The molecule has 37 heavy (non-hydrogen) atoms. The number of carbonyl (C=O) groups excluding carboxylic acids is 2. The Kier molecular flexibility index (Phi) is 7.37. The van der Waals surface area contributed by atoms with Gasteiger partial charge in [0.15, 0.2) is 5.69 Å². The predicted molar refractivity (Wildman–Crippen MR) is 141 cm³/mol. The first kappa shape index (κ1) is 26.0. The van der Waals surface area contributed by atoms with Gasteiger partial charge in [0, 0.05) is 21.9 Å². The number of nitro benzene ring substituents is 1. The molecule has 1 N–H and O–H groups in total. The maximum absolute atomic E-state index is 13.6. The third-order valence-corrected chi connectivity index (χ3v) is 6.68. The number of anilines is 1. The summed E-state index contributed by atoms with van der Waals surface area (Å²) in [7, 11) is 0. The van der Waals surface area contributed by atoms with Gasteiger partial charge in [0.05, 0.1) is 22.6 Å². The van der Waals surface area contributed by atoms with Crippen LogP contribution >= 0.6 is 22.9 Å². The van der Waals surface area contributed by atoms with Crippen LogP contribution < -0.4 is 10.9 Å². The third kappa shape index (κ3) is 5.09. The van der Waals surface area contributed by atoms with E-state index in [1.165, 1.54) is 17.5 Å². The van der Waals surface area contributed by atoms with Crippen molar-refractivity contribution < 1.29 is 19.2 Å². The lowest BCUT2D eigenvalue weighted by Crippen LogP contribution is -2.25. The van der Waals surface area contributed by atoms with E-state index in [2.05, 4.69) is 10.4 Å². The van der Waals surface area contributed by atoms with Gasteiger partial charge in [-0.2, -0.15) is 9.78 Å². The van der Waals surface area contributed by atoms with Crippen LogP contribution in [-0.2, 0) is 4.74 Å². The maximum atomic E-state index is 13.6. The molecule has 0 aliphatic rings. The molecule has 0 atom stereocenters. The fourth-order valence-electron chi connectivity index (χ4n) is 3.69. The number of nitro groups is 1. The maximum Gasteiger partial charge on any atom is 0.359 e. The largest absolute Gasteiger partial charge is 0.461 e. The van der Waals surface area contributed by atoms with Crippen molar-refractivity contribution in [2.45, 2.75) is 26.7 Å². The van der Waals surface area contributed by atoms with E-state index in [0.29, 0.717) is 5.69 Å². The van der Waals surface area contributed by atoms with Crippen LogP contribution in [0.25, 0.3) is 16.5 Å². The van der Waals surface area contributed by atoms with Crippen molar-refractivity contribution in [2.75, 3.05) is 11.9 Å². The van der Waals surface area contributed by atoms with Gasteiger partial charge in [-0.25, -0.2) is 4.79 Å². The number of hydrogen-bond donors (Lipinski definition) is 1. The zero-order chi connectivity index (χ0) is 26.9. The number of nitrogens with one attached hydrogen (secondary N) is 1. The van der Waals surface area contributed by atoms with E-state index in [1.54, 1.807) is 19.1 Å². The minimum absolute atomic E-state index is 0.0222. The van der Waals surface area contributed by atoms with Gasteiger partial charge >= 0.3 is 5.97 Å². The number of rotatable bonds is 7. The fraction of sp³-hybridized carbons (Fsp3) is 0.200. The average Bonchev–Trinajstić information content (AvgIpc) is 3.28. The molecule has 2 aromatic carbocycles. The Morgan fingerprint density at radius 2 is 1.92 bits per heavy atom. The van der Waals surface area contributed by atoms with Crippen molar-refractivity contribution in [1.29, 1.82) is 0 Å². The minimum atomic E-state index is -0.834. The van der Waals surface area contributed by atoms with Crippen molar-refractivity contribution in [2.24, 2.45) is 0 Å². The molecule has 0 bridgehead atoms. The Bertz CT molecular complexity index is 1590. The lowest BCUT2D eigenvalue weighted by atomic mass is 10.0. The molecule has 190 valence electrons. The number of fused-ring (bicyclic) bond motifs is 1. The second-order valence-corrected chi connectivity index (χ2v) is 9.57. The van der Waals surface area contributed by atoms with Gasteiger partial charge in [-0.15, -0.1) is 11.3 Å². The molecule has 4 aromatic rings. The molecule has 0 saturated carbocycles. The van der Waals surface area contributed by atoms with E-state index >= 15 is 0 Å². The van der Waals surface area contributed by atoms with Gasteiger partial charge in [-0.3, -0.25) is 19.7 Å². The number of halogens is 1. The number of amides is 1. The number of nitrogens with zero attached hydrogens (tertiary/aromatic N) is 3. The zero-order valence-electron chi connectivity index (χ0n) is 20.0. The number of benzene rings is 2. The number of esters is 1. The molecular weight excluding hydrogens is 520 g/mol. The van der Waals surface area contributed by atoms with E-state index in [0.717, 1.165) is 27.6 Å². The molecule has 0 aliphatic heterocycles. The van der Waals surface area contributed by atoms with Crippen molar-refractivity contribution in [3.05, 3.63) is 90.2 Å². The van der Waals surface area contributed by atoms with Gasteiger partial charge in [-0.05, 0) is 42.7 Å². The predicted octanol–water partition coefficient (Wildman–Crippen LogP) is 5.56. The van der Waals surface area contributed by atoms with E-state index < -0.39 is 28.0 Å².